The maximum absolute atomic E-state index is 9.61. The monoisotopic (exact) mass is 306 g/mol. The third-order valence-electron chi connectivity index (χ3n) is 1.68. The van der Waals surface area contributed by atoms with Crippen LogP contribution in [0.1, 0.15) is 0 Å². The van der Waals surface area contributed by atoms with Gasteiger partial charge in [0.2, 0.25) is 0 Å². The smallest absolute Gasteiger partial charge is 0.157 e. The molecule has 0 fully saturated rings. The van der Waals surface area contributed by atoms with E-state index in [1.807, 2.05) is 22.6 Å². The maximum Gasteiger partial charge on any atom is 0.157 e. The fraction of sp³-hybridized carbons (Fsp3) is 0. The van der Waals surface area contributed by atoms with Gasteiger partial charge in [0, 0.05) is 5.39 Å². The number of phenols is 1. The van der Waals surface area contributed by atoms with Crippen molar-refractivity contribution in [2.75, 3.05) is 0 Å². The van der Waals surface area contributed by atoms with Crippen LogP contribution in [0.4, 0.5) is 0 Å². The van der Waals surface area contributed by atoms with Crippen molar-refractivity contribution < 1.29 is 5.11 Å². The van der Waals surface area contributed by atoms with Crippen LogP contribution in [0.5, 0.6) is 5.75 Å². The number of phenolic OH excluding ortho intramolecular Hbond substituents is 1. The summed E-state index contributed by atoms with van der Waals surface area (Å²) in [5.41, 5.74) is 0.444. The second-order valence-electron chi connectivity index (χ2n) is 2.48. The predicted molar refractivity (Wildman–Crippen MR) is 58.9 cm³/mol. The molecule has 0 saturated carbocycles. The van der Waals surface area contributed by atoms with Crippen molar-refractivity contribution in [3.05, 3.63) is 26.9 Å². The Balaban J connectivity index is 2.97. The molecule has 66 valence electrons. The molecule has 2 rings (SSSR count). The molecule has 2 aromatic rings. The fourth-order valence-electron chi connectivity index (χ4n) is 1.07. The SMILES string of the molecule is Oc1c(I)cc(Cl)c2ccnnc12. The summed E-state index contributed by atoms with van der Waals surface area (Å²) in [7, 11) is 0. The lowest BCUT2D eigenvalue weighted by Gasteiger charge is -2.02. The van der Waals surface area contributed by atoms with E-state index in [1.165, 1.54) is 0 Å². The minimum absolute atomic E-state index is 0.133. The zero-order valence-electron chi connectivity index (χ0n) is 6.33. The molecule has 1 N–H and O–H groups in total. The van der Waals surface area contributed by atoms with Crippen molar-refractivity contribution in [1.82, 2.24) is 10.2 Å². The van der Waals surface area contributed by atoms with E-state index in [0.29, 0.717) is 14.1 Å². The molecule has 0 radical (unpaired) electrons. The van der Waals surface area contributed by atoms with E-state index in [1.54, 1.807) is 18.3 Å². The summed E-state index contributed by atoms with van der Waals surface area (Å²) >= 11 is 7.95. The minimum atomic E-state index is 0.133. The Morgan fingerprint density at radius 3 is 3.00 bits per heavy atom. The lowest BCUT2D eigenvalue weighted by atomic mass is 10.2. The molecule has 0 saturated heterocycles. The quantitative estimate of drug-likeness (QED) is 0.761. The molecule has 0 spiro atoms. The van der Waals surface area contributed by atoms with Gasteiger partial charge in [-0.15, -0.1) is 5.10 Å². The van der Waals surface area contributed by atoms with Crippen molar-refractivity contribution in [2.24, 2.45) is 0 Å². The van der Waals surface area contributed by atoms with E-state index in [2.05, 4.69) is 10.2 Å². The van der Waals surface area contributed by atoms with Crippen molar-refractivity contribution in [2.45, 2.75) is 0 Å². The van der Waals surface area contributed by atoms with Crippen LogP contribution < -0.4 is 0 Å². The van der Waals surface area contributed by atoms with Gasteiger partial charge in [0.25, 0.3) is 0 Å². The first kappa shape index (κ1) is 8.96. The molecule has 1 aromatic carbocycles. The van der Waals surface area contributed by atoms with Crippen molar-refractivity contribution in [1.29, 1.82) is 0 Å². The lowest BCUT2D eigenvalue weighted by molar-refractivity contribution is 0.476. The van der Waals surface area contributed by atoms with Crippen LogP contribution in [0, 0.1) is 3.57 Å². The van der Waals surface area contributed by atoms with Gasteiger partial charge in [-0.05, 0) is 34.7 Å². The molecule has 1 heterocycles. The number of rotatable bonds is 0. The van der Waals surface area contributed by atoms with Crippen molar-refractivity contribution in [3.8, 4) is 5.75 Å². The molecule has 0 aliphatic rings. The number of fused-ring (bicyclic) bond motifs is 1. The Morgan fingerprint density at radius 2 is 2.23 bits per heavy atom. The van der Waals surface area contributed by atoms with Gasteiger partial charge < -0.3 is 5.11 Å². The molecule has 0 aliphatic carbocycles. The molecular formula is C8H4ClIN2O. The lowest BCUT2D eigenvalue weighted by Crippen LogP contribution is -1.86. The van der Waals surface area contributed by atoms with Gasteiger partial charge in [0.1, 0.15) is 5.52 Å². The third kappa shape index (κ3) is 1.44. The second-order valence-corrected chi connectivity index (χ2v) is 4.05. The number of benzene rings is 1. The van der Waals surface area contributed by atoms with Gasteiger partial charge in [0.15, 0.2) is 5.75 Å². The standard InChI is InChI=1S/C8H4ClIN2O/c9-5-3-6(10)8(13)7-4(5)1-2-11-12-7/h1-3,13H. The van der Waals surface area contributed by atoms with Crippen molar-refractivity contribution in [3.63, 3.8) is 0 Å². The normalized spacial score (nSPS) is 10.6. The van der Waals surface area contributed by atoms with Gasteiger partial charge in [-0.25, -0.2) is 0 Å². The minimum Gasteiger partial charge on any atom is -0.505 e. The third-order valence-corrected chi connectivity index (χ3v) is 2.82. The second kappa shape index (κ2) is 3.26. The maximum atomic E-state index is 9.61. The van der Waals surface area contributed by atoms with Gasteiger partial charge in [-0.3, -0.25) is 0 Å². The highest BCUT2D eigenvalue weighted by atomic mass is 127. The number of aromatic nitrogens is 2. The molecule has 0 aliphatic heterocycles. The fourth-order valence-corrected chi connectivity index (χ4v) is 2.08. The zero-order chi connectivity index (χ0) is 9.42. The highest BCUT2D eigenvalue weighted by Gasteiger charge is 2.09. The molecule has 5 heteroatoms. The van der Waals surface area contributed by atoms with Crippen LogP contribution in [-0.2, 0) is 0 Å². The molecule has 0 bridgehead atoms. The first-order valence-corrected chi connectivity index (χ1v) is 4.94. The molecule has 3 nitrogen and oxygen atoms in total. The Hall–Kier alpha value is -0.620. The van der Waals surface area contributed by atoms with E-state index >= 15 is 0 Å². The van der Waals surface area contributed by atoms with Crippen LogP contribution in [0.2, 0.25) is 5.02 Å². The topological polar surface area (TPSA) is 46.0 Å². The largest absolute Gasteiger partial charge is 0.505 e. The summed E-state index contributed by atoms with van der Waals surface area (Å²) in [6.07, 6.45) is 1.54. The summed E-state index contributed by atoms with van der Waals surface area (Å²) in [4.78, 5) is 0. The summed E-state index contributed by atoms with van der Waals surface area (Å²) in [6.45, 7) is 0. The number of hydrogen-bond donors (Lipinski definition) is 1. The number of nitrogens with zero attached hydrogens (tertiary/aromatic N) is 2. The van der Waals surface area contributed by atoms with Gasteiger partial charge in [-0.1, -0.05) is 11.6 Å². The van der Waals surface area contributed by atoms with Crippen LogP contribution in [0.25, 0.3) is 10.9 Å². The Bertz CT molecular complexity index is 475. The Labute approximate surface area is 92.9 Å². The van der Waals surface area contributed by atoms with E-state index in [4.69, 9.17) is 11.6 Å². The van der Waals surface area contributed by atoms with Crippen LogP contribution in [0.3, 0.4) is 0 Å². The Kier molecular flexibility index (Phi) is 2.25. The number of hydrogen-bond acceptors (Lipinski definition) is 3. The first-order chi connectivity index (χ1) is 6.20. The van der Waals surface area contributed by atoms with Crippen LogP contribution >= 0.6 is 34.2 Å². The zero-order valence-corrected chi connectivity index (χ0v) is 9.24. The first-order valence-electron chi connectivity index (χ1n) is 3.48. The van der Waals surface area contributed by atoms with Gasteiger partial charge >= 0.3 is 0 Å². The molecule has 0 amide bonds. The number of aromatic hydroxyl groups is 1. The highest BCUT2D eigenvalue weighted by molar-refractivity contribution is 14.1. The van der Waals surface area contributed by atoms with Crippen molar-refractivity contribution >= 4 is 45.1 Å². The van der Waals surface area contributed by atoms with Gasteiger partial charge in [-0.2, -0.15) is 5.10 Å². The molecule has 0 atom stereocenters. The molecule has 1 aromatic heterocycles. The molecular weight excluding hydrogens is 302 g/mol. The number of halogens is 2. The average molecular weight is 306 g/mol. The Morgan fingerprint density at radius 1 is 1.46 bits per heavy atom. The summed E-state index contributed by atoms with van der Waals surface area (Å²) in [6, 6.07) is 3.42. The summed E-state index contributed by atoms with van der Waals surface area (Å²) in [5, 5.41) is 18.4. The summed E-state index contributed by atoms with van der Waals surface area (Å²) < 4.78 is 0.676. The molecule has 0 unspecified atom stereocenters. The van der Waals surface area contributed by atoms with E-state index in [9.17, 15) is 5.11 Å². The van der Waals surface area contributed by atoms with E-state index in [0.717, 1.165) is 5.39 Å². The van der Waals surface area contributed by atoms with Crippen LogP contribution in [0.15, 0.2) is 18.3 Å². The van der Waals surface area contributed by atoms with Crippen LogP contribution in [-0.4, -0.2) is 15.3 Å². The van der Waals surface area contributed by atoms with E-state index < -0.39 is 0 Å². The predicted octanol–water partition coefficient (Wildman–Crippen LogP) is 2.59. The van der Waals surface area contributed by atoms with E-state index in [-0.39, 0.29) is 5.75 Å². The summed E-state index contributed by atoms with van der Waals surface area (Å²) in [5.74, 6) is 0.133. The average Bonchev–Trinajstić information content (AvgIpc) is 2.15. The van der Waals surface area contributed by atoms with Gasteiger partial charge in [0.05, 0.1) is 14.8 Å². The highest BCUT2D eigenvalue weighted by Crippen LogP contribution is 2.32. The molecule has 13 heavy (non-hydrogen) atoms.